The topological polar surface area (TPSA) is 92.2 Å². The summed E-state index contributed by atoms with van der Waals surface area (Å²) in [7, 11) is 0. The SMILES string of the molecule is Cc1cc(C)c([O-])c(C)c1.Cc1cc(C)c([O-])c(C)c1.Cc1cc(C)c([O-])c(C)c1.Cc1cc(C)c([O-])c(C)c1.[Zr+4]. The van der Waals surface area contributed by atoms with Crippen LogP contribution >= 0.6 is 0 Å². The van der Waals surface area contributed by atoms with Crippen LogP contribution in [0.5, 0.6) is 23.0 Å². The minimum atomic E-state index is 0. The molecular weight excluding hydrogens is 588 g/mol. The molecule has 4 aromatic carbocycles. The second kappa shape index (κ2) is 17.0. The third-order valence-electron chi connectivity index (χ3n) is 6.42. The Balaban J connectivity index is 0.000000516. The van der Waals surface area contributed by atoms with Crippen LogP contribution < -0.4 is 20.4 Å². The molecule has 216 valence electrons. The van der Waals surface area contributed by atoms with Crippen molar-refractivity contribution < 1.29 is 46.6 Å². The fraction of sp³-hybridized carbons (Fsp3) is 0.333. The van der Waals surface area contributed by atoms with E-state index in [2.05, 4.69) is 0 Å². The molecule has 0 amide bonds. The maximum atomic E-state index is 11.1. The first-order valence-corrected chi connectivity index (χ1v) is 13.4. The van der Waals surface area contributed by atoms with E-state index < -0.39 is 0 Å². The van der Waals surface area contributed by atoms with E-state index >= 15 is 0 Å². The van der Waals surface area contributed by atoms with Crippen molar-refractivity contribution in [1.82, 2.24) is 0 Å². The zero-order chi connectivity index (χ0) is 30.9. The van der Waals surface area contributed by atoms with E-state index in [0.717, 1.165) is 66.8 Å². The molecule has 0 atom stereocenters. The van der Waals surface area contributed by atoms with Gasteiger partial charge in [0.15, 0.2) is 0 Å². The standard InChI is InChI=1S/4C9H12O.Zr/c4*1-6-4-7(2)9(10)8(3)5-6;/h4*4-5,10H,1-3H3;/q;;;;+4/p-4. The first kappa shape index (κ1) is 38.0. The van der Waals surface area contributed by atoms with Crippen LogP contribution in [0.15, 0.2) is 48.5 Å². The second-order valence-electron chi connectivity index (χ2n) is 10.9. The monoisotopic (exact) mass is 630 g/mol. The van der Waals surface area contributed by atoms with Crippen LogP contribution in [0.4, 0.5) is 0 Å². The van der Waals surface area contributed by atoms with Crippen LogP contribution in [0.3, 0.4) is 0 Å². The van der Waals surface area contributed by atoms with Gasteiger partial charge in [0, 0.05) is 0 Å². The van der Waals surface area contributed by atoms with Crippen LogP contribution in [0.1, 0.15) is 66.8 Å². The number of aryl methyl sites for hydroxylation is 12. The number of rotatable bonds is 0. The minimum absolute atomic E-state index is 0. The van der Waals surface area contributed by atoms with Crippen molar-refractivity contribution >= 4 is 0 Å². The zero-order valence-corrected chi connectivity index (χ0v) is 29.2. The molecule has 4 nitrogen and oxygen atoms in total. The van der Waals surface area contributed by atoms with Gasteiger partial charge in [0.25, 0.3) is 0 Å². The number of benzene rings is 4. The first-order valence-electron chi connectivity index (χ1n) is 13.4. The minimum Gasteiger partial charge on any atom is -0.872 e. The molecule has 0 aliphatic heterocycles. The van der Waals surface area contributed by atoms with E-state index in [1.807, 2.05) is 132 Å². The molecule has 0 saturated carbocycles. The van der Waals surface area contributed by atoms with Crippen molar-refractivity contribution in [1.29, 1.82) is 0 Å². The van der Waals surface area contributed by atoms with Gasteiger partial charge in [-0.2, -0.15) is 0 Å². The molecule has 0 aliphatic rings. The van der Waals surface area contributed by atoms with Crippen molar-refractivity contribution in [3.05, 3.63) is 115 Å². The number of hydrogen-bond acceptors (Lipinski definition) is 4. The molecule has 5 heteroatoms. The molecule has 0 N–H and O–H groups in total. The molecule has 0 saturated heterocycles. The molecule has 0 bridgehead atoms. The van der Waals surface area contributed by atoms with Crippen molar-refractivity contribution in [3.63, 3.8) is 0 Å². The summed E-state index contributed by atoms with van der Waals surface area (Å²) in [5.41, 5.74) is 11.4. The summed E-state index contributed by atoms with van der Waals surface area (Å²) < 4.78 is 0. The maximum Gasteiger partial charge on any atom is 4.00 e. The van der Waals surface area contributed by atoms with Gasteiger partial charge in [0.2, 0.25) is 0 Å². The van der Waals surface area contributed by atoms with Crippen molar-refractivity contribution in [2.75, 3.05) is 0 Å². The van der Waals surface area contributed by atoms with E-state index in [9.17, 15) is 20.4 Å². The third-order valence-corrected chi connectivity index (χ3v) is 6.42. The summed E-state index contributed by atoms with van der Waals surface area (Å²) in [6.07, 6.45) is 0. The molecule has 41 heavy (non-hydrogen) atoms. The molecule has 0 aromatic heterocycles. The Morgan fingerprint density at radius 2 is 0.366 bits per heavy atom. The molecule has 0 fully saturated rings. The fourth-order valence-corrected chi connectivity index (χ4v) is 4.67. The first-order chi connectivity index (χ1) is 18.4. The van der Waals surface area contributed by atoms with Crippen LogP contribution in [-0.2, 0) is 26.2 Å². The predicted molar refractivity (Wildman–Crippen MR) is 160 cm³/mol. The molecule has 0 spiro atoms. The second-order valence-corrected chi connectivity index (χ2v) is 10.9. The van der Waals surface area contributed by atoms with Gasteiger partial charge in [0.1, 0.15) is 0 Å². The van der Waals surface area contributed by atoms with E-state index in [1.165, 1.54) is 0 Å². The molecule has 0 radical (unpaired) electrons. The maximum absolute atomic E-state index is 11.1. The van der Waals surface area contributed by atoms with Gasteiger partial charge in [-0.15, -0.1) is 23.0 Å². The van der Waals surface area contributed by atoms with Gasteiger partial charge in [0.05, 0.1) is 0 Å². The Morgan fingerprint density at radius 1 is 0.268 bits per heavy atom. The smallest absolute Gasteiger partial charge is 0.872 e. The third kappa shape index (κ3) is 12.2. The van der Waals surface area contributed by atoms with Crippen molar-refractivity contribution in [3.8, 4) is 23.0 Å². The summed E-state index contributed by atoms with van der Waals surface area (Å²) in [4.78, 5) is 0. The summed E-state index contributed by atoms with van der Waals surface area (Å²) >= 11 is 0. The fourth-order valence-electron chi connectivity index (χ4n) is 4.67. The van der Waals surface area contributed by atoms with E-state index in [-0.39, 0.29) is 49.2 Å². The van der Waals surface area contributed by atoms with E-state index in [0.29, 0.717) is 0 Å². The van der Waals surface area contributed by atoms with Crippen LogP contribution in [0.25, 0.3) is 0 Å². The van der Waals surface area contributed by atoms with Gasteiger partial charge in [-0.25, -0.2) is 0 Å². The van der Waals surface area contributed by atoms with Gasteiger partial charge in [-0.3, -0.25) is 0 Å². The number of hydrogen-bond donors (Lipinski definition) is 0. The van der Waals surface area contributed by atoms with Crippen molar-refractivity contribution in [2.24, 2.45) is 0 Å². The van der Waals surface area contributed by atoms with Gasteiger partial charge < -0.3 is 20.4 Å². The Kier molecular flexibility index (Phi) is 15.8. The van der Waals surface area contributed by atoms with Crippen LogP contribution in [0, 0.1) is 83.1 Å². The quantitative estimate of drug-likeness (QED) is 0.215. The van der Waals surface area contributed by atoms with Crippen LogP contribution in [0.2, 0.25) is 0 Å². The van der Waals surface area contributed by atoms with Gasteiger partial charge >= 0.3 is 26.2 Å². The normalized spacial score (nSPS) is 9.66. The summed E-state index contributed by atoms with van der Waals surface area (Å²) in [5.74, 6) is 0.687. The Morgan fingerprint density at radius 3 is 0.463 bits per heavy atom. The molecule has 4 rings (SSSR count). The van der Waals surface area contributed by atoms with Crippen molar-refractivity contribution in [2.45, 2.75) is 83.1 Å². The molecule has 0 heterocycles. The average molecular weight is 632 g/mol. The van der Waals surface area contributed by atoms with Crippen LogP contribution in [-0.4, -0.2) is 0 Å². The zero-order valence-electron chi connectivity index (χ0n) is 26.8. The summed E-state index contributed by atoms with van der Waals surface area (Å²) in [6, 6.07) is 15.3. The molecule has 4 aromatic rings. The molecule has 0 unspecified atom stereocenters. The summed E-state index contributed by atoms with van der Waals surface area (Å²) in [5, 5.41) is 44.5. The summed E-state index contributed by atoms with van der Waals surface area (Å²) in [6.45, 7) is 22.8. The molecule has 0 aliphatic carbocycles. The Bertz CT molecular complexity index is 1140. The average Bonchev–Trinajstić information content (AvgIpc) is 2.84. The largest absolute Gasteiger partial charge is 4.00 e. The molecular formula is C36H44O4Zr. The van der Waals surface area contributed by atoms with Gasteiger partial charge in [-0.05, 0) is 83.1 Å². The Labute approximate surface area is 266 Å². The predicted octanol–water partition coefficient (Wildman–Crippen LogP) is 6.74. The van der Waals surface area contributed by atoms with Gasteiger partial charge in [-0.1, -0.05) is 115 Å². The van der Waals surface area contributed by atoms with E-state index in [4.69, 9.17) is 0 Å². The Hall–Kier alpha value is -3.04. The van der Waals surface area contributed by atoms with E-state index in [1.54, 1.807) is 0 Å².